The standard InChI is InChI=1S/C12H12ClFO/c1-8(2)5-11(15)6-9-3-4-10(14)7-12(9)13/h3-4,7H,1,5-6H2,2H3. The molecule has 0 aliphatic carbocycles. The highest BCUT2D eigenvalue weighted by Crippen LogP contribution is 2.18. The van der Waals surface area contributed by atoms with E-state index in [2.05, 4.69) is 6.58 Å². The normalized spacial score (nSPS) is 10.1. The van der Waals surface area contributed by atoms with Gasteiger partial charge in [0.1, 0.15) is 11.6 Å². The number of hydrogen-bond donors (Lipinski definition) is 0. The first kappa shape index (κ1) is 11.9. The molecule has 1 aromatic carbocycles. The van der Waals surface area contributed by atoms with Crippen LogP contribution in [-0.4, -0.2) is 5.78 Å². The first-order chi connectivity index (χ1) is 6.99. The molecule has 0 N–H and O–H groups in total. The molecule has 15 heavy (non-hydrogen) atoms. The molecule has 0 radical (unpaired) electrons. The molecule has 0 saturated carbocycles. The van der Waals surface area contributed by atoms with Crippen LogP contribution in [0.4, 0.5) is 4.39 Å². The second-order valence-electron chi connectivity index (χ2n) is 3.59. The molecule has 0 spiro atoms. The highest BCUT2D eigenvalue weighted by atomic mass is 35.5. The van der Waals surface area contributed by atoms with Gasteiger partial charge in [-0.05, 0) is 24.6 Å². The summed E-state index contributed by atoms with van der Waals surface area (Å²) in [5.74, 6) is -0.355. The van der Waals surface area contributed by atoms with E-state index in [9.17, 15) is 9.18 Å². The van der Waals surface area contributed by atoms with Crippen LogP contribution in [-0.2, 0) is 11.2 Å². The Morgan fingerprint density at radius 2 is 2.20 bits per heavy atom. The third-order valence-corrected chi connectivity index (χ3v) is 2.25. The van der Waals surface area contributed by atoms with E-state index in [0.29, 0.717) is 17.0 Å². The Morgan fingerprint density at radius 1 is 1.53 bits per heavy atom. The van der Waals surface area contributed by atoms with Gasteiger partial charge < -0.3 is 0 Å². The summed E-state index contributed by atoms with van der Waals surface area (Å²) in [5.41, 5.74) is 1.47. The van der Waals surface area contributed by atoms with Gasteiger partial charge in [0.25, 0.3) is 0 Å². The molecule has 0 unspecified atom stereocenters. The summed E-state index contributed by atoms with van der Waals surface area (Å²) in [6, 6.07) is 4.05. The highest BCUT2D eigenvalue weighted by Gasteiger charge is 2.07. The number of ketones is 1. The number of rotatable bonds is 4. The van der Waals surface area contributed by atoms with Crippen LogP contribution in [0.25, 0.3) is 0 Å². The lowest BCUT2D eigenvalue weighted by Gasteiger charge is -2.03. The minimum atomic E-state index is -0.392. The second-order valence-corrected chi connectivity index (χ2v) is 3.99. The molecule has 1 nitrogen and oxygen atoms in total. The number of halogens is 2. The summed E-state index contributed by atoms with van der Waals surface area (Å²) in [6.07, 6.45) is 0.569. The zero-order valence-electron chi connectivity index (χ0n) is 8.52. The van der Waals surface area contributed by atoms with Gasteiger partial charge in [-0.2, -0.15) is 0 Å². The molecular weight excluding hydrogens is 215 g/mol. The van der Waals surface area contributed by atoms with E-state index in [4.69, 9.17) is 11.6 Å². The average molecular weight is 227 g/mol. The molecule has 0 saturated heterocycles. The van der Waals surface area contributed by atoms with E-state index in [1.165, 1.54) is 18.2 Å². The molecule has 3 heteroatoms. The van der Waals surface area contributed by atoms with Crippen molar-refractivity contribution in [2.45, 2.75) is 19.8 Å². The maximum atomic E-state index is 12.7. The van der Waals surface area contributed by atoms with E-state index in [-0.39, 0.29) is 12.2 Å². The van der Waals surface area contributed by atoms with Crippen molar-refractivity contribution < 1.29 is 9.18 Å². The van der Waals surface area contributed by atoms with E-state index < -0.39 is 5.82 Å². The molecule has 0 aliphatic rings. The Hall–Kier alpha value is -1.15. The van der Waals surface area contributed by atoms with Gasteiger partial charge >= 0.3 is 0 Å². The smallest absolute Gasteiger partial charge is 0.141 e. The lowest BCUT2D eigenvalue weighted by molar-refractivity contribution is -0.117. The fourth-order valence-corrected chi connectivity index (χ4v) is 1.51. The largest absolute Gasteiger partial charge is 0.299 e. The number of benzene rings is 1. The second kappa shape index (κ2) is 5.08. The molecule has 0 aromatic heterocycles. The fraction of sp³-hybridized carbons (Fsp3) is 0.250. The predicted molar refractivity (Wildman–Crippen MR) is 59.6 cm³/mol. The van der Waals surface area contributed by atoms with E-state index in [0.717, 1.165) is 5.57 Å². The number of Topliss-reactive ketones (excluding diaryl/α,β-unsaturated/α-hetero) is 1. The van der Waals surface area contributed by atoms with Crippen molar-refractivity contribution in [2.75, 3.05) is 0 Å². The molecule has 0 fully saturated rings. The summed E-state index contributed by atoms with van der Waals surface area (Å²) in [6.45, 7) is 5.46. The van der Waals surface area contributed by atoms with Crippen LogP contribution in [0, 0.1) is 5.82 Å². The molecule has 0 bridgehead atoms. The zero-order valence-corrected chi connectivity index (χ0v) is 9.27. The van der Waals surface area contributed by atoms with Gasteiger partial charge in [-0.3, -0.25) is 4.79 Å². The predicted octanol–water partition coefficient (Wildman–Crippen LogP) is 3.56. The van der Waals surface area contributed by atoms with Crippen molar-refractivity contribution in [3.8, 4) is 0 Å². The molecule has 0 amide bonds. The van der Waals surface area contributed by atoms with E-state index in [1.807, 2.05) is 0 Å². The summed E-state index contributed by atoms with van der Waals surface area (Å²) in [4.78, 5) is 11.4. The van der Waals surface area contributed by atoms with Gasteiger partial charge in [-0.1, -0.05) is 29.8 Å². The van der Waals surface area contributed by atoms with Gasteiger partial charge in [0.15, 0.2) is 0 Å². The SMILES string of the molecule is C=C(C)CC(=O)Cc1ccc(F)cc1Cl. The maximum Gasteiger partial charge on any atom is 0.141 e. The monoisotopic (exact) mass is 226 g/mol. The molecule has 0 aliphatic heterocycles. The summed E-state index contributed by atoms with van der Waals surface area (Å²) in [7, 11) is 0. The number of hydrogen-bond acceptors (Lipinski definition) is 1. The molecular formula is C12H12ClFO. The minimum absolute atomic E-state index is 0.0380. The first-order valence-electron chi connectivity index (χ1n) is 4.59. The summed E-state index contributed by atoms with van der Waals surface area (Å²) < 4.78 is 12.7. The lowest BCUT2D eigenvalue weighted by atomic mass is 10.0. The van der Waals surface area contributed by atoms with E-state index in [1.54, 1.807) is 6.92 Å². The van der Waals surface area contributed by atoms with Gasteiger partial charge in [-0.15, -0.1) is 0 Å². The average Bonchev–Trinajstić information content (AvgIpc) is 2.08. The van der Waals surface area contributed by atoms with Gasteiger partial charge in [0.2, 0.25) is 0 Å². The van der Waals surface area contributed by atoms with Crippen molar-refractivity contribution in [1.82, 2.24) is 0 Å². The number of carbonyl (C=O) groups is 1. The maximum absolute atomic E-state index is 12.7. The zero-order chi connectivity index (χ0) is 11.4. The van der Waals surface area contributed by atoms with Crippen LogP contribution in [0.3, 0.4) is 0 Å². The van der Waals surface area contributed by atoms with Crippen molar-refractivity contribution in [1.29, 1.82) is 0 Å². The Labute approximate surface area is 93.6 Å². The van der Waals surface area contributed by atoms with Crippen molar-refractivity contribution >= 4 is 17.4 Å². The quantitative estimate of drug-likeness (QED) is 0.718. The molecule has 0 atom stereocenters. The summed E-state index contributed by atoms with van der Waals surface area (Å²) in [5, 5.41) is 0.296. The topological polar surface area (TPSA) is 17.1 Å². The van der Waals surface area contributed by atoms with Gasteiger partial charge in [-0.25, -0.2) is 4.39 Å². The Morgan fingerprint density at radius 3 is 2.73 bits per heavy atom. The Kier molecular flexibility index (Phi) is 4.04. The van der Waals surface area contributed by atoms with Crippen molar-refractivity contribution in [3.63, 3.8) is 0 Å². The Balaban J connectivity index is 2.72. The highest BCUT2D eigenvalue weighted by molar-refractivity contribution is 6.31. The van der Waals surface area contributed by atoms with Crippen LogP contribution < -0.4 is 0 Å². The van der Waals surface area contributed by atoms with Gasteiger partial charge in [0, 0.05) is 17.9 Å². The van der Waals surface area contributed by atoms with Crippen LogP contribution in [0.5, 0.6) is 0 Å². The Bertz CT molecular complexity index is 399. The van der Waals surface area contributed by atoms with Crippen LogP contribution in [0.15, 0.2) is 30.4 Å². The lowest BCUT2D eigenvalue weighted by Crippen LogP contribution is -2.03. The van der Waals surface area contributed by atoms with Crippen molar-refractivity contribution in [3.05, 3.63) is 46.8 Å². The summed E-state index contributed by atoms with van der Waals surface area (Å²) >= 11 is 5.80. The first-order valence-corrected chi connectivity index (χ1v) is 4.97. The molecule has 1 aromatic rings. The van der Waals surface area contributed by atoms with Crippen molar-refractivity contribution in [2.24, 2.45) is 0 Å². The number of carbonyl (C=O) groups excluding carboxylic acids is 1. The third-order valence-electron chi connectivity index (χ3n) is 1.90. The fourth-order valence-electron chi connectivity index (χ4n) is 1.28. The molecule has 80 valence electrons. The van der Waals surface area contributed by atoms with Crippen LogP contribution in [0.2, 0.25) is 5.02 Å². The van der Waals surface area contributed by atoms with E-state index >= 15 is 0 Å². The van der Waals surface area contributed by atoms with Crippen LogP contribution >= 0.6 is 11.6 Å². The number of allylic oxidation sites excluding steroid dienone is 1. The third kappa shape index (κ3) is 3.84. The van der Waals surface area contributed by atoms with Gasteiger partial charge in [0.05, 0.1) is 0 Å². The minimum Gasteiger partial charge on any atom is -0.299 e. The van der Waals surface area contributed by atoms with Crippen LogP contribution in [0.1, 0.15) is 18.9 Å². The molecule has 1 rings (SSSR count). The molecule has 0 heterocycles.